The van der Waals surface area contributed by atoms with Crippen LogP contribution in [0.4, 0.5) is 10.1 Å². The van der Waals surface area contributed by atoms with Gasteiger partial charge in [0.25, 0.3) is 5.91 Å². The first-order valence-electron chi connectivity index (χ1n) is 8.81. The summed E-state index contributed by atoms with van der Waals surface area (Å²) < 4.78 is 18.7. The Morgan fingerprint density at radius 3 is 2.72 bits per heavy atom. The maximum absolute atomic E-state index is 13.7. The van der Waals surface area contributed by atoms with Crippen LogP contribution in [0.3, 0.4) is 0 Å². The van der Waals surface area contributed by atoms with Gasteiger partial charge in [-0.05, 0) is 35.4 Å². The van der Waals surface area contributed by atoms with Crippen molar-refractivity contribution in [2.24, 2.45) is 0 Å². The number of carbonyl (C=O) groups excluding carboxylic acids is 3. The number of nitrogens with zero attached hydrogens (tertiary/aromatic N) is 1. The number of carbonyl (C=O) groups is 3. The minimum Gasteiger partial charge on any atom is -0.455 e. The molecule has 0 bridgehead atoms. The maximum Gasteiger partial charge on any atom is 0.308 e. The van der Waals surface area contributed by atoms with Crippen LogP contribution in [0.5, 0.6) is 0 Å². The van der Waals surface area contributed by atoms with Crippen molar-refractivity contribution in [2.75, 3.05) is 11.9 Å². The molecule has 0 saturated heterocycles. The highest BCUT2D eigenvalue weighted by atomic mass is 35.5. The average Bonchev–Trinajstić information content (AvgIpc) is 2.69. The molecular formula is C21H18ClFN2O4. The second-order valence-corrected chi connectivity index (χ2v) is 6.86. The third-order valence-corrected chi connectivity index (χ3v) is 4.63. The fraction of sp³-hybridized carbons (Fsp3) is 0.190. The predicted molar refractivity (Wildman–Crippen MR) is 106 cm³/mol. The van der Waals surface area contributed by atoms with Gasteiger partial charge in [-0.3, -0.25) is 14.4 Å². The molecule has 3 rings (SSSR count). The summed E-state index contributed by atoms with van der Waals surface area (Å²) in [4.78, 5) is 37.7. The molecule has 8 heteroatoms. The normalized spacial score (nSPS) is 14.9. The SMILES string of the molecule is CC(=O)N1C=Cc2ccccc2[C@H]1CC(=O)OCC(=O)Nc1cc(Cl)ccc1F. The molecule has 1 N–H and O–H groups in total. The molecular weight excluding hydrogens is 399 g/mol. The number of esters is 1. The van der Waals surface area contributed by atoms with E-state index in [0.717, 1.165) is 17.2 Å². The van der Waals surface area contributed by atoms with E-state index in [1.807, 2.05) is 24.3 Å². The number of anilines is 1. The molecule has 0 fully saturated rings. The predicted octanol–water partition coefficient (Wildman–Crippen LogP) is 3.93. The molecule has 0 spiro atoms. The zero-order chi connectivity index (χ0) is 21.0. The molecule has 6 nitrogen and oxygen atoms in total. The van der Waals surface area contributed by atoms with Crippen LogP contribution < -0.4 is 5.32 Å². The zero-order valence-electron chi connectivity index (χ0n) is 15.5. The van der Waals surface area contributed by atoms with Crippen molar-refractivity contribution in [1.29, 1.82) is 0 Å². The van der Waals surface area contributed by atoms with E-state index in [1.54, 1.807) is 12.3 Å². The first kappa shape index (κ1) is 20.5. The van der Waals surface area contributed by atoms with E-state index in [2.05, 4.69) is 5.32 Å². The molecule has 0 aliphatic carbocycles. The van der Waals surface area contributed by atoms with Crippen molar-refractivity contribution in [3.63, 3.8) is 0 Å². The van der Waals surface area contributed by atoms with Gasteiger partial charge in [0, 0.05) is 18.1 Å². The number of fused-ring (bicyclic) bond motifs is 1. The summed E-state index contributed by atoms with van der Waals surface area (Å²) in [6.07, 6.45) is 3.29. The molecule has 1 aliphatic heterocycles. The molecule has 1 aliphatic rings. The van der Waals surface area contributed by atoms with Gasteiger partial charge in [-0.15, -0.1) is 0 Å². The molecule has 0 radical (unpaired) electrons. The van der Waals surface area contributed by atoms with Crippen LogP contribution in [0.2, 0.25) is 5.02 Å². The van der Waals surface area contributed by atoms with E-state index < -0.39 is 30.3 Å². The summed E-state index contributed by atoms with van der Waals surface area (Å²) in [5, 5.41) is 2.56. The summed E-state index contributed by atoms with van der Waals surface area (Å²) >= 11 is 5.78. The minimum absolute atomic E-state index is 0.104. The molecule has 0 aromatic heterocycles. The monoisotopic (exact) mass is 416 g/mol. The molecule has 2 aromatic carbocycles. The van der Waals surface area contributed by atoms with Crippen LogP contribution in [0.15, 0.2) is 48.7 Å². The van der Waals surface area contributed by atoms with E-state index in [4.69, 9.17) is 16.3 Å². The van der Waals surface area contributed by atoms with Gasteiger partial charge in [-0.2, -0.15) is 0 Å². The van der Waals surface area contributed by atoms with Crippen molar-refractivity contribution in [1.82, 2.24) is 4.90 Å². The smallest absolute Gasteiger partial charge is 0.308 e. The molecule has 1 heterocycles. The summed E-state index contributed by atoms with van der Waals surface area (Å²) in [5.41, 5.74) is 1.61. The Bertz CT molecular complexity index is 992. The van der Waals surface area contributed by atoms with Gasteiger partial charge in [0.1, 0.15) is 5.82 Å². The third-order valence-electron chi connectivity index (χ3n) is 4.40. The number of benzene rings is 2. The molecule has 29 heavy (non-hydrogen) atoms. The highest BCUT2D eigenvalue weighted by molar-refractivity contribution is 6.30. The van der Waals surface area contributed by atoms with Crippen molar-refractivity contribution < 1.29 is 23.5 Å². The third kappa shape index (κ3) is 5.00. The topological polar surface area (TPSA) is 75.7 Å². The summed E-state index contributed by atoms with van der Waals surface area (Å²) in [6, 6.07) is 10.6. The molecule has 2 aromatic rings. The Labute approximate surface area is 171 Å². The highest BCUT2D eigenvalue weighted by Gasteiger charge is 2.29. The van der Waals surface area contributed by atoms with Gasteiger partial charge in [0.2, 0.25) is 5.91 Å². The largest absolute Gasteiger partial charge is 0.455 e. The fourth-order valence-corrected chi connectivity index (χ4v) is 3.23. The van der Waals surface area contributed by atoms with Crippen LogP contribution in [0, 0.1) is 5.82 Å². The van der Waals surface area contributed by atoms with Gasteiger partial charge < -0.3 is 15.0 Å². The molecule has 0 unspecified atom stereocenters. The number of halogens is 2. The first-order valence-corrected chi connectivity index (χ1v) is 9.19. The Morgan fingerprint density at radius 2 is 1.97 bits per heavy atom. The lowest BCUT2D eigenvalue weighted by atomic mass is 9.94. The van der Waals surface area contributed by atoms with E-state index in [1.165, 1.54) is 24.0 Å². The standard InChI is InChI=1S/C21H18ClFN2O4/c1-13(26)25-9-8-14-4-2-3-5-16(14)19(25)11-21(28)29-12-20(27)24-18-10-15(22)6-7-17(18)23/h2-10,19H,11-12H2,1H3,(H,24,27)/t19-/m1/s1. The van der Waals surface area contributed by atoms with E-state index >= 15 is 0 Å². The maximum atomic E-state index is 13.7. The second kappa shape index (κ2) is 8.87. The number of nitrogens with one attached hydrogen (secondary N) is 1. The van der Waals surface area contributed by atoms with Gasteiger partial charge in [-0.1, -0.05) is 35.9 Å². The highest BCUT2D eigenvalue weighted by Crippen LogP contribution is 2.33. The van der Waals surface area contributed by atoms with Gasteiger partial charge in [-0.25, -0.2) is 4.39 Å². The van der Waals surface area contributed by atoms with Crippen LogP contribution >= 0.6 is 11.6 Å². The number of hydrogen-bond acceptors (Lipinski definition) is 4. The Hall–Kier alpha value is -3.19. The van der Waals surface area contributed by atoms with Crippen LogP contribution in [-0.4, -0.2) is 29.3 Å². The zero-order valence-corrected chi connectivity index (χ0v) is 16.3. The lowest BCUT2D eigenvalue weighted by Crippen LogP contribution is -2.33. The lowest BCUT2D eigenvalue weighted by molar-refractivity contribution is -0.149. The van der Waals surface area contributed by atoms with Crippen molar-refractivity contribution >= 4 is 41.1 Å². The fourth-order valence-electron chi connectivity index (χ4n) is 3.06. The summed E-state index contributed by atoms with van der Waals surface area (Å²) in [6.45, 7) is 0.818. The lowest BCUT2D eigenvalue weighted by Gasteiger charge is -2.32. The number of hydrogen-bond donors (Lipinski definition) is 1. The van der Waals surface area contributed by atoms with Crippen molar-refractivity contribution in [3.05, 3.63) is 70.6 Å². The van der Waals surface area contributed by atoms with Crippen LogP contribution in [-0.2, 0) is 19.1 Å². The van der Waals surface area contributed by atoms with Gasteiger partial charge in [0.05, 0.1) is 18.2 Å². The quantitative estimate of drug-likeness (QED) is 0.749. The molecule has 2 amide bonds. The number of rotatable bonds is 5. The van der Waals surface area contributed by atoms with Crippen molar-refractivity contribution in [3.8, 4) is 0 Å². The Kier molecular flexibility index (Phi) is 6.29. The van der Waals surface area contributed by atoms with E-state index in [0.29, 0.717) is 0 Å². The van der Waals surface area contributed by atoms with Crippen molar-refractivity contribution in [2.45, 2.75) is 19.4 Å². The van der Waals surface area contributed by atoms with E-state index in [-0.39, 0.29) is 23.0 Å². The molecule has 0 saturated carbocycles. The Balaban J connectivity index is 1.62. The second-order valence-electron chi connectivity index (χ2n) is 6.42. The molecule has 1 atom stereocenters. The van der Waals surface area contributed by atoms with Gasteiger partial charge in [0.15, 0.2) is 6.61 Å². The Morgan fingerprint density at radius 1 is 1.21 bits per heavy atom. The number of ether oxygens (including phenoxy) is 1. The first-order chi connectivity index (χ1) is 13.8. The average molecular weight is 417 g/mol. The van der Waals surface area contributed by atoms with E-state index in [9.17, 15) is 18.8 Å². The van der Waals surface area contributed by atoms with Crippen LogP contribution in [0.1, 0.15) is 30.5 Å². The minimum atomic E-state index is -0.702. The summed E-state index contributed by atoms with van der Waals surface area (Å²) in [7, 11) is 0. The van der Waals surface area contributed by atoms with Gasteiger partial charge >= 0.3 is 5.97 Å². The number of amides is 2. The van der Waals surface area contributed by atoms with Crippen LogP contribution in [0.25, 0.3) is 6.08 Å². The molecule has 150 valence electrons. The summed E-state index contributed by atoms with van der Waals surface area (Å²) in [5.74, 6) is -2.24.